The van der Waals surface area contributed by atoms with Gasteiger partial charge in [0, 0.05) is 6.08 Å². The van der Waals surface area contributed by atoms with Crippen molar-refractivity contribution in [1.29, 1.82) is 0 Å². The Kier molecular flexibility index (Phi) is 3.26. The van der Waals surface area contributed by atoms with Gasteiger partial charge in [0.15, 0.2) is 0 Å². The molecule has 0 atom stereocenters. The first kappa shape index (κ1) is 6.39. The fourth-order valence-corrected chi connectivity index (χ4v) is 0.260. The van der Waals surface area contributed by atoms with Gasteiger partial charge in [-0.25, -0.2) is 4.79 Å². The monoisotopic (exact) mass is 116 g/mol. The van der Waals surface area contributed by atoms with Gasteiger partial charge in [-0.1, -0.05) is 6.58 Å². The summed E-state index contributed by atoms with van der Waals surface area (Å²) in [5.41, 5.74) is 0. The zero-order chi connectivity index (χ0) is 5.70. The Hall–Kier alpha value is -0.613. The van der Waals surface area contributed by atoms with E-state index in [0.717, 1.165) is 6.08 Å². The minimum Gasteiger partial charge on any atom is -0.488 e. The molecule has 0 rings (SSSR count). The Bertz CT molecular complexity index is 80.2. The van der Waals surface area contributed by atoms with Crippen LogP contribution in [0.15, 0.2) is 12.7 Å². The summed E-state index contributed by atoms with van der Waals surface area (Å²) in [6.45, 7) is 3.10. The third kappa shape index (κ3) is 3.21. The molecule has 0 saturated heterocycles. The highest BCUT2D eigenvalue weighted by Gasteiger charge is 1.91. The van der Waals surface area contributed by atoms with Crippen LogP contribution in [0.3, 0.4) is 0 Å². The largest absolute Gasteiger partial charge is 0.520 e. The van der Waals surface area contributed by atoms with E-state index in [9.17, 15) is 4.79 Å². The highest BCUT2D eigenvalue weighted by Crippen LogP contribution is 1.70. The molecule has 0 spiro atoms. The third-order valence-electron chi connectivity index (χ3n) is 0.313. The van der Waals surface area contributed by atoms with Crippen LogP contribution in [0, 0.1) is 0 Å². The van der Waals surface area contributed by atoms with Crippen LogP contribution in [0.4, 0.5) is 0 Å². The first-order valence-corrected chi connectivity index (χ1v) is 2.39. The molecule has 0 saturated carbocycles. The topological polar surface area (TPSA) is 46.5 Å². The van der Waals surface area contributed by atoms with Crippen molar-refractivity contribution in [2.75, 3.05) is 0 Å². The Balaban J connectivity index is 3.17. The van der Waals surface area contributed by atoms with E-state index in [1.165, 1.54) is 0 Å². The van der Waals surface area contributed by atoms with Gasteiger partial charge in [0.1, 0.15) is 0 Å². The molecule has 0 amide bonds. The molecule has 0 heterocycles. The van der Waals surface area contributed by atoms with Crippen LogP contribution in [0.25, 0.3) is 0 Å². The van der Waals surface area contributed by atoms with Crippen molar-refractivity contribution in [3.05, 3.63) is 12.7 Å². The average Bonchev–Trinajstić information content (AvgIpc) is 1.68. The lowest BCUT2D eigenvalue weighted by atomic mass is 10.7. The van der Waals surface area contributed by atoms with Crippen LogP contribution in [0.2, 0.25) is 0 Å². The number of hydrogen-bond acceptors (Lipinski definition) is 3. The van der Waals surface area contributed by atoms with Crippen LogP contribution >= 0.6 is 0 Å². The van der Waals surface area contributed by atoms with Crippen LogP contribution in [-0.2, 0) is 9.22 Å². The SMILES string of the molecule is C=CC(=O)O[Si]O. The summed E-state index contributed by atoms with van der Waals surface area (Å²) in [4.78, 5) is 17.8. The predicted molar refractivity (Wildman–Crippen MR) is 24.3 cm³/mol. The normalized spacial score (nSPS) is 7.57. The van der Waals surface area contributed by atoms with Crippen LogP contribution < -0.4 is 0 Å². The van der Waals surface area contributed by atoms with E-state index in [0.29, 0.717) is 0 Å². The maximum absolute atomic E-state index is 9.92. The van der Waals surface area contributed by atoms with Gasteiger partial charge in [0.05, 0.1) is 0 Å². The highest BCUT2D eigenvalue weighted by molar-refractivity contribution is 6.21. The highest BCUT2D eigenvalue weighted by atomic mass is 28.2. The van der Waals surface area contributed by atoms with Gasteiger partial charge in [-0.05, 0) is 0 Å². The number of hydrogen-bond donors (Lipinski definition) is 1. The molecule has 0 aliphatic heterocycles. The van der Waals surface area contributed by atoms with E-state index in [2.05, 4.69) is 11.0 Å². The van der Waals surface area contributed by atoms with Crippen LogP contribution in [0.1, 0.15) is 0 Å². The number of carbonyl (C=O) groups is 1. The standard InChI is InChI=1S/C3H4O3Si/c1-2-3(4)6-7-5/h2,5H,1H2. The van der Waals surface area contributed by atoms with Gasteiger partial charge in [-0.15, -0.1) is 0 Å². The van der Waals surface area contributed by atoms with E-state index in [4.69, 9.17) is 4.80 Å². The second-order valence-electron chi connectivity index (χ2n) is 0.717. The molecule has 0 unspecified atom stereocenters. The van der Waals surface area contributed by atoms with Crippen LogP contribution in [0.5, 0.6) is 0 Å². The summed E-state index contributed by atoms with van der Waals surface area (Å²) in [5, 5.41) is 0. The molecule has 7 heavy (non-hydrogen) atoms. The molecule has 0 aromatic rings. The molecule has 0 aliphatic rings. The summed E-state index contributed by atoms with van der Waals surface area (Å²) in [6, 6.07) is 0. The molecule has 2 radical (unpaired) electrons. The lowest BCUT2D eigenvalue weighted by molar-refractivity contribution is -0.129. The summed E-state index contributed by atoms with van der Waals surface area (Å²) in [7, 11) is -0.776. The van der Waals surface area contributed by atoms with E-state index in [1.807, 2.05) is 0 Å². The minimum atomic E-state index is -0.776. The molecule has 4 heteroatoms. The molecule has 0 aromatic carbocycles. The second kappa shape index (κ2) is 3.57. The van der Waals surface area contributed by atoms with E-state index < -0.39 is 16.0 Å². The van der Waals surface area contributed by atoms with Crippen LogP contribution in [-0.4, -0.2) is 20.8 Å². The van der Waals surface area contributed by atoms with E-state index in [-0.39, 0.29) is 0 Å². The molecule has 1 N–H and O–H groups in total. The Morgan fingerprint density at radius 1 is 2.00 bits per heavy atom. The Labute approximate surface area is 43.7 Å². The summed E-state index contributed by atoms with van der Waals surface area (Å²) < 4.78 is 4.02. The van der Waals surface area contributed by atoms with Crippen molar-refractivity contribution in [3.63, 3.8) is 0 Å². The predicted octanol–water partition coefficient (Wildman–Crippen LogP) is -0.758. The molecule has 0 aliphatic carbocycles. The third-order valence-corrected chi connectivity index (χ3v) is 0.605. The Morgan fingerprint density at radius 3 is 2.71 bits per heavy atom. The lowest BCUT2D eigenvalue weighted by Crippen LogP contribution is -2.03. The summed E-state index contributed by atoms with van der Waals surface area (Å²) >= 11 is 0. The molecule has 0 aromatic heterocycles. The molecule has 0 fully saturated rings. The van der Waals surface area contributed by atoms with Gasteiger partial charge >= 0.3 is 16.0 Å². The second-order valence-corrected chi connectivity index (χ2v) is 1.10. The quantitative estimate of drug-likeness (QED) is 0.381. The minimum absolute atomic E-state index is 0.596. The van der Waals surface area contributed by atoms with Gasteiger partial charge in [-0.2, -0.15) is 0 Å². The first-order chi connectivity index (χ1) is 3.31. The fraction of sp³-hybridized carbons (Fsp3) is 0. The van der Waals surface area contributed by atoms with Gasteiger partial charge < -0.3 is 9.22 Å². The van der Waals surface area contributed by atoms with Gasteiger partial charge in [-0.3, -0.25) is 0 Å². The van der Waals surface area contributed by atoms with Crippen molar-refractivity contribution in [1.82, 2.24) is 0 Å². The van der Waals surface area contributed by atoms with Crippen molar-refractivity contribution >= 4 is 16.0 Å². The van der Waals surface area contributed by atoms with Crippen molar-refractivity contribution in [2.24, 2.45) is 0 Å². The number of rotatable bonds is 2. The fourth-order valence-electron chi connectivity index (χ4n) is 0.0867. The Morgan fingerprint density at radius 2 is 2.57 bits per heavy atom. The van der Waals surface area contributed by atoms with E-state index in [1.54, 1.807) is 0 Å². The van der Waals surface area contributed by atoms with Gasteiger partial charge in [0.2, 0.25) is 0 Å². The average molecular weight is 116 g/mol. The summed E-state index contributed by atoms with van der Waals surface area (Å²) in [5.74, 6) is -0.596. The molecular formula is C3H4O3Si. The first-order valence-electron chi connectivity index (χ1n) is 1.53. The maximum Gasteiger partial charge on any atom is 0.520 e. The number of carbonyl (C=O) groups excluding carboxylic acids is 1. The summed E-state index contributed by atoms with van der Waals surface area (Å²) in [6.07, 6.45) is 0.989. The zero-order valence-corrected chi connectivity index (χ0v) is 4.55. The smallest absolute Gasteiger partial charge is 0.488 e. The van der Waals surface area contributed by atoms with Crippen molar-refractivity contribution < 1.29 is 14.0 Å². The zero-order valence-electron chi connectivity index (χ0n) is 3.55. The maximum atomic E-state index is 9.92. The van der Waals surface area contributed by atoms with Gasteiger partial charge in [0.25, 0.3) is 0 Å². The van der Waals surface area contributed by atoms with Crippen molar-refractivity contribution in [3.8, 4) is 0 Å². The van der Waals surface area contributed by atoms with Crippen molar-refractivity contribution in [2.45, 2.75) is 0 Å². The molecule has 3 nitrogen and oxygen atoms in total. The molecule has 0 bridgehead atoms. The molecule has 38 valence electrons. The molecular weight excluding hydrogens is 112 g/mol. The lowest BCUT2D eigenvalue weighted by Gasteiger charge is -1.87. The van der Waals surface area contributed by atoms with E-state index >= 15 is 0 Å².